The first-order valence-corrected chi connectivity index (χ1v) is 11.5. The number of benzene rings is 2. The average Bonchev–Trinajstić information content (AvgIpc) is 3.17. The lowest BCUT2D eigenvalue weighted by Crippen LogP contribution is -2.42. The average molecular weight is 475 g/mol. The van der Waals surface area contributed by atoms with Crippen molar-refractivity contribution in [2.45, 2.75) is 18.9 Å². The molecule has 2 aromatic carbocycles. The summed E-state index contributed by atoms with van der Waals surface area (Å²) in [5.41, 5.74) is 1.85. The zero-order valence-electron chi connectivity index (χ0n) is 18.4. The number of carbonyl (C=O) groups is 1. The van der Waals surface area contributed by atoms with E-state index in [9.17, 15) is 9.59 Å². The Balaban J connectivity index is 1.56. The highest BCUT2D eigenvalue weighted by Crippen LogP contribution is 2.32. The minimum absolute atomic E-state index is 0.121. The van der Waals surface area contributed by atoms with E-state index in [0.29, 0.717) is 40.8 Å². The number of hydrogen-bond acceptors (Lipinski definition) is 4. The van der Waals surface area contributed by atoms with Crippen molar-refractivity contribution in [2.24, 2.45) is 0 Å². The Hall–Kier alpha value is -3.84. The third kappa shape index (κ3) is 3.99. The number of hydrogen-bond donors (Lipinski definition) is 0. The molecule has 1 saturated heterocycles. The molecule has 3 heterocycles. The van der Waals surface area contributed by atoms with Gasteiger partial charge in [-0.3, -0.25) is 18.9 Å². The Morgan fingerprint density at radius 3 is 2.74 bits per heavy atom. The highest BCUT2D eigenvalue weighted by Gasteiger charge is 2.28. The van der Waals surface area contributed by atoms with E-state index < -0.39 is 0 Å². The van der Waals surface area contributed by atoms with Crippen LogP contribution in [0.2, 0.25) is 5.02 Å². The number of para-hydroxylation sites is 1. The Labute approximate surface area is 201 Å². The van der Waals surface area contributed by atoms with Crippen LogP contribution in [0.15, 0.2) is 84.4 Å². The summed E-state index contributed by atoms with van der Waals surface area (Å²) in [6.45, 7) is 4.71. The fourth-order valence-electron chi connectivity index (χ4n) is 4.49. The van der Waals surface area contributed by atoms with Crippen molar-refractivity contribution in [3.05, 3.63) is 95.2 Å². The lowest BCUT2D eigenvalue weighted by Gasteiger charge is -2.32. The predicted molar refractivity (Wildman–Crippen MR) is 132 cm³/mol. The van der Waals surface area contributed by atoms with Gasteiger partial charge in [-0.05, 0) is 55.3 Å². The fraction of sp³-hybridized carbons (Fsp3) is 0.192. The molecule has 4 aromatic rings. The minimum Gasteiger partial charge on any atom is -0.456 e. The van der Waals surface area contributed by atoms with E-state index in [2.05, 4.69) is 11.6 Å². The lowest BCUT2D eigenvalue weighted by atomic mass is 10.1. The molecule has 7 nitrogen and oxygen atoms in total. The number of halogens is 1. The van der Waals surface area contributed by atoms with Gasteiger partial charge in [0.1, 0.15) is 11.5 Å². The van der Waals surface area contributed by atoms with Gasteiger partial charge < -0.3 is 9.64 Å². The second-order valence-electron chi connectivity index (χ2n) is 8.17. The summed E-state index contributed by atoms with van der Waals surface area (Å²) < 4.78 is 9.25. The van der Waals surface area contributed by atoms with Gasteiger partial charge in [0.2, 0.25) is 5.91 Å². The summed E-state index contributed by atoms with van der Waals surface area (Å²) in [5, 5.41) is 0.387. The maximum atomic E-state index is 13.7. The van der Waals surface area contributed by atoms with E-state index in [1.54, 1.807) is 44.6 Å². The first-order chi connectivity index (χ1) is 16.6. The molecule has 0 aliphatic carbocycles. The number of rotatable bonds is 5. The molecule has 1 atom stereocenters. The van der Waals surface area contributed by atoms with Crippen LogP contribution in [0.1, 0.15) is 18.9 Å². The number of nitrogens with zero attached hydrogens (tertiary/aromatic N) is 4. The van der Waals surface area contributed by atoms with E-state index in [4.69, 9.17) is 16.3 Å². The van der Waals surface area contributed by atoms with Gasteiger partial charge in [0.25, 0.3) is 0 Å². The van der Waals surface area contributed by atoms with E-state index >= 15 is 0 Å². The van der Waals surface area contributed by atoms with Crippen LogP contribution < -0.4 is 10.4 Å². The molecule has 0 bridgehead atoms. The summed E-state index contributed by atoms with van der Waals surface area (Å²) in [6.07, 6.45) is 6.27. The smallest absolute Gasteiger partial charge is 0.334 e. The summed E-state index contributed by atoms with van der Waals surface area (Å²) in [7, 11) is 0. The lowest BCUT2D eigenvalue weighted by molar-refractivity contribution is -0.127. The topological polar surface area (TPSA) is 69.4 Å². The Morgan fingerprint density at radius 1 is 1.15 bits per heavy atom. The third-order valence-electron chi connectivity index (χ3n) is 6.07. The molecule has 0 saturated carbocycles. The zero-order chi connectivity index (χ0) is 23.7. The van der Waals surface area contributed by atoms with Gasteiger partial charge in [-0.15, -0.1) is 0 Å². The highest BCUT2D eigenvalue weighted by molar-refractivity contribution is 6.32. The highest BCUT2D eigenvalue weighted by atomic mass is 35.5. The predicted octanol–water partition coefficient (Wildman–Crippen LogP) is 4.98. The van der Waals surface area contributed by atoms with Crippen LogP contribution in [-0.4, -0.2) is 38.0 Å². The summed E-state index contributed by atoms with van der Waals surface area (Å²) in [6, 6.07) is 16.3. The second kappa shape index (κ2) is 9.19. The number of imidazole rings is 1. The third-order valence-corrected chi connectivity index (χ3v) is 6.36. The van der Waals surface area contributed by atoms with Crippen LogP contribution in [0.25, 0.3) is 16.7 Å². The van der Waals surface area contributed by atoms with Gasteiger partial charge in [-0.25, -0.2) is 4.79 Å². The van der Waals surface area contributed by atoms with E-state index in [-0.39, 0.29) is 17.6 Å². The molecule has 1 aliphatic rings. The van der Waals surface area contributed by atoms with Crippen LogP contribution in [0.5, 0.6) is 11.5 Å². The Kier molecular flexibility index (Phi) is 5.94. The van der Waals surface area contributed by atoms with E-state index in [1.807, 2.05) is 36.4 Å². The minimum atomic E-state index is -0.200. The number of fused-ring (bicyclic) bond motifs is 1. The van der Waals surface area contributed by atoms with Gasteiger partial charge in [0.05, 0.1) is 34.0 Å². The van der Waals surface area contributed by atoms with Crippen LogP contribution >= 0.6 is 11.6 Å². The Bertz CT molecular complexity index is 1430. The Morgan fingerprint density at radius 2 is 1.97 bits per heavy atom. The molecule has 1 aliphatic heterocycles. The van der Waals surface area contributed by atoms with Crippen molar-refractivity contribution >= 4 is 28.5 Å². The van der Waals surface area contributed by atoms with Gasteiger partial charge in [-0.1, -0.05) is 36.4 Å². The molecular formula is C26H23ClN4O3. The first kappa shape index (κ1) is 22.0. The van der Waals surface area contributed by atoms with Crippen molar-refractivity contribution in [3.63, 3.8) is 0 Å². The van der Waals surface area contributed by atoms with Crippen LogP contribution in [0.4, 0.5) is 0 Å². The number of amides is 1. The number of pyridine rings is 1. The second-order valence-corrected chi connectivity index (χ2v) is 8.57. The van der Waals surface area contributed by atoms with E-state index in [0.717, 1.165) is 18.4 Å². The molecule has 0 unspecified atom stereocenters. The number of ether oxygens (including phenoxy) is 1. The normalized spacial score (nSPS) is 15.9. The van der Waals surface area contributed by atoms with Gasteiger partial charge in [0, 0.05) is 19.3 Å². The molecule has 1 amide bonds. The molecule has 2 aromatic heterocycles. The molecule has 34 heavy (non-hydrogen) atoms. The van der Waals surface area contributed by atoms with Crippen molar-refractivity contribution in [1.29, 1.82) is 0 Å². The molecule has 0 radical (unpaired) electrons. The number of aromatic nitrogens is 3. The monoisotopic (exact) mass is 474 g/mol. The number of carbonyl (C=O) groups excluding carboxylic acids is 1. The first-order valence-electron chi connectivity index (χ1n) is 11.1. The molecule has 0 spiro atoms. The molecular weight excluding hydrogens is 452 g/mol. The maximum absolute atomic E-state index is 13.7. The summed E-state index contributed by atoms with van der Waals surface area (Å²) in [5.74, 6) is 1.05. The largest absolute Gasteiger partial charge is 0.456 e. The molecule has 5 rings (SSSR count). The van der Waals surface area contributed by atoms with Crippen molar-refractivity contribution in [2.75, 3.05) is 13.1 Å². The summed E-state index contributed by atoms with van der Waals surface area (Å²) in [4.78, 5) is 31.9. The number of piperidine rings is 1. The van der Waals surface area contributed by atoms with Gasteiger partial charge in [0.15, 0.2) is 0 Å². The standard InChI is InChI=1S/C26H23ClN4O3/c1-2-25(32)29-14-6-7-19(17-29)31-22-12-13-28-16-23(22)30(26(31)33)18-10-11-24(21(27)15-18)34-20-8-4-3-5-9-20/h2-5,8-13,15-16,19H,1,6-7,14,17H2/t19-/m1/s1. The quantitative estimate of drug-likeness (QED) is 0.382. The van der Waals surface area contributed by atoms with Crippen LogP contribution in [0.3, 0.4) is 0 Å². The SMILES string of the molecule is C=CC(=O)N1CCC[C@@H](n2c(=O)n(-c3ccc(Oc4ccccc4)c(Cl)c3)c3cnccc32)C1. The maximum Gasteiger partial charge on any atom is 0.334 e. The van der Waals surface area contributed by atoms with Crippen molar-refractivity contribution in [3.8, 4) is 17.2 Å². The van der Waals surface area contributed by atoms with Crippen molar-refractivity contribution in [1.82, 2.24) is 19.0 Å². The molecule has 172 valence electrons. The van der Waals surface area contributed by atoms with Crippen LogP contribution in [-0.2, 0) is 4.79 Å². The summed E-state index contributed by atoms with van der Waals surface area (Å²) >= 11 is 6.54. The number of likely N-dealkylation sites (tertiary alicyclic amines) is 1. The fourth-order valence-corrected chi connectivity index (χ4v) is 4.71. The van der Waals surface area contributed by atoms with Gasteiger partial charge >= 0.3 is 5.69 Å². The zero-order valence-corrected chi connectivity index (χ0v) is 19.2. The molecule has 0 N–H and O–H groups in total. The molecule has 8 heteroatoms. The van der Waals surface area contributed by atoms with Crippen LogP contribution in [0, 0.1) is 0 Å². The van der Waals surface area contributed by atoms with E-state index in [1.165, 1.54) is 6.08 Å². The van der Waals surface area contributed by atoms with Crippen molar-refractivity contribution < 1.29 is 9.53 Å². The van der Waals surface area contributed by atoms with Gasteiger partial charge in [-0.2, -0.15) is 0 Å². The molecule has 1 fully saturated rings.